The van der Waals surface area contributed by atoms with E-state index < -0.39 is 8.32 Å². The molecule has 5 rings (SSSR count). The minimum absolute atomic E-state index is 0.358. The molecule has 0 aliphatic heterocycles. The van der Waals surface area contributed by atoms with Crippen molar-refractivity contribution in [2.45, 2.75) is 77.6 Å². The Morgan fingerprint density at radius 3 is 2.40 bits per heavy atom. The highest BCUT2D eigenvalue weighted by Gasteiger charge is 2.82. The van der Waals surface area contributed by atoms with Crippen LogP contribution >= 0.6 is 0 Å². The zero-order valence-corrected chi connectivity index (χ0v) is 15.2. The molecule has 5 saturated carbocycles. The van der Waals surface area contributed by atoms with E-state index in [1.165, 1.54) is 25.7 Å². The van der Waals surface area contributed by atoms with Crippen LogP contribution in [-0.4, -0.2) is 14.4 Å². The molecule has 114 valence electrons. The van der Waals surface area contributed by atoms with Crippen LogP contribution in [0.1, 0.15) is 53.4 Å². The SMILES string of the molecule is CC12CCCCC3C4C(C(O[Si](C)(C)C(C)(C)C)C31)C42. The fourth-order valence-corrected chi connectivity index (χ4v) is 7.62. The van der Waals surface area contributed by atoms with Gasteiger partial charge in [-0.15, -0.1) is 0 Å². The molecule has 0 N–H and O–H groups in total. The van der Waals surface area contributed by atoms with Crippen molar-refractivity contribution in [1.82, 2.24) is 0 Å². The summed E-state index contributed by atoms with van der Waals surface area (Å²) in [4.78, 5) is 0. The summed E-state index contributed by atoms with van der Waals surface area (Å²) in [5.41, 5.74) is 0.656. The molecular weight excluding hydrogens is 260 g/mol. The third-order valence-corrected chi connectivity index (χ3v) is 12.6. The Kier molecular flexibility index (Phi) is 2.58. The van der Waals surface area contributed by atoms with Gasteiger partial charge in [0.15, 0.2) is 8.32 Å². The molecule has 0 heterocycles. The maximum atomic E-state index is 6.97. The van der Waals surface area contributed by atoms with E-state index in [0.29, 0.717) is 16.6 Å². The van der Waals surface area contributed by atoms with Gasteiger partial charge in [-0.25, -0.2) is 0 Å². The summed E-state index contributed by atoms with van der Waals surface area (Å²) < 4.78 is 6.97. The normalized spacial score (nSPS) is 53.1. The van der Waals surface area contributed by atoms with Gasteiger partial charge in [0.25, 0.3) is 0 Å². The van der Waals surface area contributed by atoms with Gasteiger partial charge in [0.1, 0.15) is 0 Å². The highest BCUT2D eigenvalue weighted by atomic mass is 28.4. The Morgan fingerprint density at radius 1 is 1.05 bits per heavy atom. The molecule has 1 nitrogen and oxygen atoms in total. The summed E-state index contributed by atoms with van der Waals surface area (Å²) in [6.45, 7) is 14.7. The second kappa shape index (κ2) is 3.74. The fraction of sp³-hybridized carbons (Fsp3) is 1.00. The summed E-state index contributed by atoms with van der Waals surface area (Å²) in [5.74, 6) is 5.03. The highest BCUT2D eigenvalue weighted by molar-refractivity contribution is 6.74. The molecule has 5 fully saturated rings. The first-order valence-electron chi connectivity index (χ1n) is 8.86. The lowest BCUT2D eigenvalue weighted by molar-refractivity contribution is 0.0822. The molecule has 5 aliphatic carbocycles. The molecule has 7 unspecified atom stereocenters. The smallest absolute Gasteiger partial charge is 0.192 e. The van der Waals surface area contributed by atoms with Gasteiger partial charge >= 0.3 is 0 Å². The van der Waals surface area contributed by atoms with Crippen molar-refractivity contribution < 1.29 is 4.43 Å². The Balaban J connectivity index is 1.62. The van der Waals surface area contributed by atoms with Crippen LogP contribution in [0.2, 0.25) is 18.1 Å². The third-order valence-electron chi connectivity index (χ3n) is 8.08. The van der Waals surface area contributed by atoms with E-state index in [4.69, 9.17) is 4.43 Å². The molecule has 7 atom stereocenters. The molecule has 2 heteroatoms. The number of rotatable bonds is 2. The minimum Gasteiger partial charge on any atom is -0.413 e. The van der Waals surface area contributed by atoms with Crippen LogP contribution in [0, 0.1) is 35.0 Å². The van der Waals surface area contributed by atoms with Gasteiger partial charge in [0, 0.05) is 0 Å². The van der Waals surface area contributed by atoms with Gasteiger partial charge < -0.3 is 4.43 Å². The Bertz CT molecular complexity index is 437. The van der Waals surface area contributed by atoms with Crippen LogP contribution in [-0.2, 0) is 4.43 Å². The zero-order chi connectivity index (χ0) is 14.5. The van der Waals surface area contributed by atoms with Gasteiger partial charge in [-0.3, -0.25) is 0 Å². The van der Waals surface area contributed by atoms with E-state index in [9.17, 15) is 0 Å². The Morgan fingerprint density at radius 2 is 1.75 bits per heavy atom. The van der Waals surface area contributed by atoms with Crippen LogP contribution in [0.25, 0.3) is 0 Å². The maximum absolute atomic E-state index is 6.97. The average Bonchev–Trinajstić information content (AvgIpc) is 2.86. The van der Waals surface area contributed by atoms with Crippen molar-refractivity contribution >= 4 is 8.32 Å². The second-order valence-electron chi connectivity index (χ2n) is 9.96. The van der Waals surface area contributed by atoms with Crippen LogP contribution in [0.3, 0.4) is 0 Å². The first-order chi connectivity index (χ1) is 9.18. The molecule has 0 aromatic heterocycles. The van der Waals surface area contributed by atoms with Crippen molar-refractivity contribution in [3.63, 3.8) is 0 Å². The van der Waals surface area contributed by atoms with Gasteiger partial charge in [-0.05, 0) is 66.0 Å². The van der Waals surface area contributed by atoms with Crippen LogP contribution in [0.5, 0.6) is 0 Å². The van der Waals surface area contributed by atoms with Crippen LogP contribution < -0.4 is 0 Å². The molecule has 6 bridgehead atoms. The van der Waals surface area contributed by atoms with E-state index >= 15 is 0 Å². The molecule has 0 amide bonds. The molecular formula is C18H32OSi. The monoisotopic (exact) mass is 292 g/mol. The standard InChI is InChI=1S/C18H32OSi/c1-17(2,3)20(5,6)19-16-13-12-11-9-7-8-10-18(4,14(11)16)15(12)13/h11-16H,7-10H2,1-6H3. The molecule has 20 heavy (non-hydrogen) atoms. The molecule has 0 spiro atoms. The van der Waals surface area contributed by atoms with Gasteiger partial charge in [-0.1, -0.05) is 40.5 Å². The van der Waals surface area contributed by atoms with E-state index in [-0.39, 0.29) is 0 Å². The van der Waals surface area contributed by atoms with Crippen LogP contribution in [0.15, 0.2) is 0 Å². The fourth-order valence-electron chi connectivity index (χ4n) is 6.28. The summed E-state index contributed by atoms with van der Waals surface area (Å²) >= 11 is 0. The quantitative estimate of drug-likeness (QED) is 0.645. The molecule has 0 aromatic rings. The van der Waals surface area contributed by atoms with E-state index in [0.717, 1.165) is 29.6 Å². The highest BCUT2D eigenvalue weighted by Crippen LogP contribution is 2.83. The molecule has 0 radical (unpaired) electrons. The number of hydrogen-bond acceptors (Lipinski definition) is 1. The Hall–Kier alpha value is 0.177. The Labute approximate surface area is 126 Å². The van der Waals surface area contributed by atoms with Gasteiger partial charge in [-0.2, -0.15) is 0 Å². The summed E-state index contributed by atoms with van der Waals surface area (Å²) in [5, 5.41) is 0.358. The lowest BCUT2D eigenvalue weighted by atomic mass is 9.76. The van der Waals surface area contributed by atoms with Crippen molar-refractivity contribution in [2.75, 3.05) is 0 Å². The van der Waals surface area contributed by atoms with Gasteiger partial charge in [0.05, 0.1) is 6.10 Å². The lowest BCUT2D eigenvalue weighted by Gasteiger charge is -2.41. The average molecular weight is 293 g/mol. The van der Waals surface area contributed by atoms with Crippen LogP contribution in [0.4, 0.5) is 0 Å². The molecule has 0 saturated heterocycles. The topological polar surface area (TPSA) is 9.23 Å². The number of hydrogen-bond donors (Lipinski definition) is 0. The van der Waals surface area contributed by atoms with E-state index in [1.54, 1.807) is 0 Å². The molecule has 0 aromatic carbocycles. The lowest BCUT2D eigenvalue weighted by Crippen LogP contribution is -2.46. The molecule has 5 aliphatic rings. The van der Waals surface area contributed by atoms with Crippen molar-refractivity contribution in [2.24, 2.45) is 35.0 Å². The van der Waals surface area contributed by atoms with Gasteiger partial charge in [0.2, 0.25) is 0 Å². The van der Waals surface area contributed by atoms with E-state index in [2.05, 4.69) is 40.8 Å². The summed E-state index contributed by atoms with van der Waals surface area (Å²) in [6, 6.07) is 0. The predicted molar refractivity (Wildman–Crippen MR) is 86.1 cm³/mol. The third kappa shape index (κ3) is 1.48. The van der Waals surface area contributed by atoms with Crippen molar-refractivity contribution in [1.29, 1.82) is 0 Å². The second-order valence-corrected chi connectivity index (χ2v) is 14.7. The van der Waals surface area contributed by atoms with Crippen molar-refractivity contribution in [3.05, 3.63) is 0 Å². The minimum atomic E-state index is -1.60. The largest absolute Gasteiger partial charge is 0.413 e. The van der Waals surface area contributed by atoms with E-state index in [1.807, 2.05) is 0 Å². The first kappa shape index (κ1) is 13.8. The maximum Gasteiger partial charge on any atom is 0.192 e. The first-order valence-corrected chi connectivity index (χ1v) is 11.8. The van der Waals surface area contributed by atoms with Crippen molar-refractivity contribution in [3.8, 4) is 0 Å². The summed E-state index contributed by atoms with van der Waals surface area (Å²) in [7, 11) is -1.60. The predicted octanol–water partition coefficient (Wildman–Crippen LogP) is 5.08. The summed E-state index contributed by atoms with van der Waals surface area (Å²) in [6.07, 6.45) is 6.60. The zero-order valence-electron chi connectivity index (χ0n) is 14.2.